The van der Waals surface area contributed by atoms with Gasteiger partial charge in [-0.05, 0) is 38.5 Å². The Morgan fingerprint density at radius 2 is 1.43 bits per heavy atom. The summed E-state index contributed by atoms with van der Waals surface area (Å²) in [6, 6.07) is 19.9. The van der Waals surface area contributed by atoms with E-state index < -0.39 is 5.60 Å². The van der Waals surface area contributed by atoms with E-state index in [2.05, 4.69) is 11.8 Å². The van der Waals surface area contributed by atoms with Crippen LogP contribution in [0.4, 0.5) is 0 Å². The fourth-order valence-electron chi connectivity index (χ4n) is 2.88. The molecular formula is C19H24BrMgNO. The first kappa shape index (κ1) is 22.6. The molecule has 4 heteroatoms. The summed E-state index contributed by atoms with van der Waals surface area (Å²) in [5.41, 5.74) is 0.873. The van der Waals surface area contributed by atoms with Crippen molar-refractivity contribution in [1.82, 2.24) is 4.90 Å². The predicted molar refractivity (Wildman–Crippen MR) is 91.7 cm³/mol. The molecule has 2 atom stereocenters. The third-order valence-corrected chi connectivity index (χ3v) is 4.01. The maximum Gasteiger partial charge on any atom is 2.00 e. The Labute approximate surface area is 166 Å². The van der Waals surface area contributed by atoms with Crippen LogP contribution >= 0.6 is 0 Å². The van der Waals surface area contributed by atoms with Gasteiger partial charge in [-0.2, -0.15) is 0 Å². The predicted octanol–water partition coefficient (Wildman–Crippen LogP) is -0.694. The van der Waals surface area contributed by atoms with E-state index >= 15 is 0 Å². The largest absolute Gasteiger partial charge is 2.00 e. The molecule has 0 N–H and O–H groups in total. The van der Waals surface area contributed by atoms with Crippen molar-refractivity contribution in [3.63, 3.8) is 0 Å². The maximum absolute atomic E-state index is 13.7. The van der Waals surface area contributed by atoms with Crippen LogP contribution in [0.2, 0.25) is 0 Å². The minimum absolute atomic E-state index is 0. The first-order valence-corrected chi connectivity index (χ1v) is 7.47. The Hall–Kier alpha value is -0.394. The minimum Gasteiger partial charge on any atom is -1.00 e. The van der Waals surface area contributed by atoms with Crippen molar-refractivity contribution in [2.45, 2.75) is 18.9 Å². The van der Waals surface area contributed by atoms with Crippen molar-refractivity contribution in [2.24, 2.45) is 5.92 Å². The number of halogens is 1. The van der Waals surface area contributed by atoms with E-state index in [1.807, 2.05) is 74.8 Å². The third-order valence-electron chi connectivity index (χ3n) is 4.01. The first-order chi connectivity index (χ1) is 10.0. The summed E-state index contributed by atoms with van der Waals surface area (Å²) in [5.74, 6) is 0.0232. The molecule has 23 heavy (non-hydrogen) atoms. The zero-order chi connectivity index (χ0) is 15.3. The van der Waals surface area contributed by atoms with Crippen LogP contribution in [0.15, 0.2) is 60.7 Å². The van der Waals surface area contributed by atoms with E-state index in [4.69, 9.17) is 0 Å². The zero-order valence-corrected chi connectivity index (χ0v) is 17.2. The maximum atomic E-state index is 13.7. The molecule has 0 amide bonds. The van der Waals surface area contributed by atoms with Gasteiger partial charge in [0.15, 0.2) is 0 Å². The van der Waals surface area contributed by atoms with Crippen molar-refractivity contribution in [1.29, 1.82) is 0 Å². The van der Waals surface area contributed by atoms with Crippen LogP contribution in [0.1, 0.15) is 18.1 Å². The molecule has 0 radical (unpaired) electrons. The fraction of sp³-hybridized carbons (Fsp3) is 0.368. The molecule has 0 heterocycles. The SMILES string of the molecule is C[C@H](CN(C)C)[C@@]([O-])(Cc1ccccc1)c1ccccc1.[Br-].[Mg+2]. The Morgan fingerprint density at radius 1 is 0.957 bits per heavy atom. The summed E-state index contributed by atoms with van der Waals surface area (Å²) in [5, 5.41) is 13.7. The monoisotopic (exact) mass is 385 g/mol. The molecule has 2 rings (SSSR count). The van der Waals surface area contributed by atoms with Crippen LogP contribution in [0.3, 0.4) is 0 Å². The van der Waals surface area contributed by atoms with Gasteiger partial charge in [0.1, 0.15) is 0 Å². The first-order valence-electron chi connectivity index (χ1n) is 7.47. The van der Waals surface area contributed by atoms with Crippen LogP contribution in [-0.4, -0.2) is 48.6 Å². The fourth-order valence-corrected chi connectivity index (χ4v) is 2.88. The number of hydrogen-bond donors (Lipinski definition) is 0. The van der Waals surface area contributed by atoms with Crippen molar-refractivity contribution in [3.8, 4) is 0 Å². The summed E-state index contributed by atoms with van der Waals surface area (Å²) in [6.45, 7) is 2.84. The molecule has 2 aromatic rings. The Bertz CT molecular complexity index is 550. The molecule has 2 nitrogen and oxygen atoms in total. The molecule has 0 fully saturated rings. The number of rotatable bonds is 6. The van der Waals surface area contributed by atoms with Crippen molar-refractivity contribution in [3.05, 3.63) is 71.8 Å². The van der Waals surface area contributed by atoms with Gasteiger partial charge in [-0.1, -0.05) is 78.8 Å². The van der Waals surface area contributed by atoms with E-state index in [1.54, 1.807) is 0 Å². The van der Waals surface area contributed by atoms with Crippen LogP contribution in [0.5, 0.6) is 0 Å². The van der Waals surface area contributed by atoms with Gasteiger partial charge in [0.05, 0.1) is 0 Å². The van der Waals surface area contributed by atoms with E-state index in [0.29, 0.717) is 6.42 Å². The smallest absolute Gasteiger partial charge is 1.00 e. The molecule has 0 aromatic heterocycles. The zero-order valence-electron chi connectivity index (χ0n) is 14.2. The van der Waals surface area contributed by atoms with Crippen molar-refractivity contribution in [2.75, 3.05) is 20.6 Å². The molecule has 0 spiro atoms. The molecule has 0 unspecified atom stereocenters. The Morgan fingerprint density at radius 3 is 1.91 bits per heavy atom. The molecule has 0 bridgehead atoms. The van der Waals surface area contributed by atoms with Gasteiger partial charge in [-0.15, -0.1) is 0 Å². The van der Waals surface area contributed by atoms with E-state index in [-0.39, 0.29) is 46.0 Å². The summed E-state index contributed by atoms with van der Waals surface area (Å²) in [7, 11) is 4.04. The molecule has 0 saturated carbocycles. The topological polar surface area (TPSA) is 26.3 Å². The van der Waals surface area contributed by atoms with E-state index in [1.165, 1.54) is 0 Å². The van der Waals surface area contributed by atoms with Crippen LogP contribution in [0, 0.1) is 5.92 Å². The summed E-state index contributed by atoms with van der Waals surface area (Å²) < 4.78 is 0. The van der Waals surface area contributed by atoms with Gasteiger partial charge in [0, 0.05) is 0 Å². The van der Waals surface area contributed by atoms with Gasteiger partial charge in [-0.25, -0.2) is 0 Å². The van der Waals surface area contributed by atoms with Crippen molar-refractivity contribution < 1.29 is 22.1 Å². The normalized spacial score (nSPS) is 14.3. The van der Waals surface area contributed by atoms with Crippen LogP contribution in [-0.2, 0) is 12.0 Å². The average Bonchev–Trinajstić information content (AvgIpc) is 2.48. The van der Waals surface area contributed by atoms with Crippen LogP contribution in [0.25, 0.3) is 0 Å². The van der Waals surface area contributed by atoms with Gasteiger partial charge < -0.3 is 27.0 Å². The van der Waals surface area contributed by atoms with Gasteiger partial charge in [0.25, 0.3) is 0 Å². The molecule has 2 aromatic carbocycles. The standard InChI is InChI=1S/C19H24NO.BrH.Mg/c1-16(15-20(2)3)19(21,18-12-8-5-9-13-18)14-17-10-6-4-7-11-17;;/h4-13,16H,14-15H2,1-3H3;1H;/q-1;;+2/p-1/t16-,19+;;/m1../s1. The Kier molecular flexibility index (Phi) is 10.3. The van der Waals surface area contributed by atoms with Gasteiger partial charge in [0.2, 0.25) is 0 Å². The molecular weight excluding hydrogens is 362 g/mol. The van der Waals surface area contributed by atoms with Gasteiger partial charge in [-0.3, -0.25) is 0 Å². The van der Waals surface area contributed by atoms with Crippen LogP contribution < -0.4 is 22.1 Å². The third kappa shape index (κ3) is 6.20. The average molecular weight is 387 g/mol. The summed E-state index contributed by atoms with van der Waals surface area (Å²) in [4.78, 5) is 2.09. The summed E-state index contributed by atoms with van der Waals surface area (Å²) >= 11 is 0. The summed E-state index contributed by atoms with van der Waals surface area (Å²) in [6.07, 6.45) is 0.521. The molecule has 0 aliphatic carbocycles. The molecule has 0 aliphatic rings. The Balaban J connectivity index is 0.00000242. The van der Waals surface area contributed by atoms with Crippen molar-refractivity contribution >= 4 is 23.1 Å². The number of benzene rings is 2. The molecule has 0 aliphatic heterocycles. The van der Waals surface area contributed by atoms with E-state index in [9.17, 15) is 5.11 Å². The molecule has 120 valence electrons. The number of nitrogens with zero attached hydrogens (tertiary/aromatic N) is 1. The molecule has 0 saturated heterocycles. The van der Waals surface area contributed by atoms with E-state index in [0.717, 1.165) is 17.7 Å². The second-order valence-corrected chi connectivity index (χ2v) is 6.08. The second-order valence-electron chi connectivity index (χ2n) is 6.08. The quantitative estimate of drug-likeness (QED) is 0.614. The minimum atomic E-state index is -1.10. The number of hydrogen-bond acceptors (Lipinski definition) is 2. The second kappa shape index (κ2) is 10.5. The van der Waals surface area contributed by atoms with Gasteiger partial charge >= 0.3 is 23.1 Å².